The molecule has 0 aromatic heterocycles. The van der Waals surface area contributed by atoms with E-state index in [0.29, 0.717) is 23.6 Å². The van der Waals surface area contributed by atoms with E-state index < -0.39 is 34.3 Å². The molecule has 0 aliphatic carbocycles. The first-order chi connectivity index (χ1) is 19.0. The Morgan fingerprint density at radius 1 is 0.950 bits per heavy atom. The Labute approximate surface area is 244 Å². The van der Waals surface area contributed by atoms with Gasteiger partial charge in [0.2, 0.25) is 11.8 Å². The highest BCUT2D eigenvalue weighted by atomic mass is 35.5. The number of halogens is 3. The monoisotopic (exact) mass is 607 g/mol. The molecule has 40 heavy (non-hydrogen) atoms. The fourth-order valence-electron chi connectivity index (χ4n) is 4.09. The van der Waals surface area contributed by atoms with Gasteiger partial charge in [0.05, 0.1) is 20.6 Å². The number of nitrogens with one attached hydrogen (secondary N) is 1. The minimum Gasteiger partial charge on any atom is -0.354 e. The maximum atomic E-state index is 14.0. The summed E-state index contributed by atoms with van der Waals surface area (Å²) >= 11 is 12.3. The highest BCUT2D eigenvalue weighted by molar-refractivity contribution is 7.92. The quantitative estimate of drug-likeness (QED) is 0.275. The van der Waals surface area contributed by atoms with Gasteiger partial charge in [-0.05, 0) is 73.9 Å². The summed E-state index contributed by atoms with van der Waals surface area (Å²) in [6.45, 7) is 5.29. The van der Waals surface area contributed by atoms with Crippen molar-refractivity contribution in [1.82, 2.24) is 10.2 Å². The molecule has 0 bridgehead atoms. The zero-order valence-corrected chi connectivity index (χ0v) is 24.9. The standard InChI is InChI=1S/C29H32Cl2FN3O4S/c1-4-16-33-29(37)27(5-2)34(18-21-8-15-25(30)26(31)17-21)28(36)19-35(23-11-9-22(32)10-12-23)40(38,39)24-13-6-20(3)7-14-24/h6-15,17,27H,4-5,16,18-19H2,1-3H3,(H,33,37)/t27-/m0/s1. The van der Waals surface area contributed by atoms with Gasteiger partial charge in [-0.1, -0.05) is 60.8 Å². The van der Waals surface area contributed by atoms with Crippen LogP contribution in [0, 0.1) is 12.7 Å². The molecule has 11 heteroatoms. The van der Waals surface area contributed by atoms with Crippen LogP contribution in [0.15, 0.2) is 71.6 Å². The molecule has 2 amide bonds. The van der Waals surface area contributed by atoms with Crippen LogP contribution in [0.25, 0.3) is 0 Å². The van der Waals surface area contributed by atoms with Crippen LogP contribution >= 0.6 is 23.2 Å². The van der Waals surface area contributed by atoms with Crippen molar-refractivity contribution in [2.75, 3.05) is 17.4 Å². The first-order valence-corrected chi connectivity index (χ1v) is 15.0. The lowest BCUT2D eigenvalue weighted by Crippen LogP contribution is -2.52. The second-order valence-corrected chi connectivity index (χ2v) is 12.0. The predicted molar refractivity (Wildman–Crippen MR) is 157 cm³/mol. The molecule has 3 aromatic rings. The largest absolute Gasteiger partial charge is 0.354 e. The summed E-state index contributed by atoms with van der Waals surface area (Å²) in [6, 6.07) is 15.0. The first kappa shape index (κ1) is 31.4. The number of benzene rings is 3. The number of amides is 2. The summed E-state index contributed by atoms with van der Waals surface area (Å²) in [6.07, 6.45) is 0.986. The van der Waals surface area contributed by atoms with Crippen LogP contribution in [0.1, 0.15) is 37.8 Å². The highest BCUT2D eigenvalue weighted by Gasteiger charge is 2.33. The van der Waals surface area contributed by atoms with Crippen molar-refractivity contribution in [1.29, 1.82) is 0 Å². The zero-order valence-electron chi connectivity index (χ0n) is 22.5. The van der Waals surface area contributed by atoms with E-state index in [1.807, 2.05) is 13.8 Å². The molecule has 0 aliphatic heterocycles. The third kappa shape index (κ3) is 7.74. The van der Waals surface area contributed by atoms with Crippen molar-refractivity contribution in [3.05, 3.63) is 93.7 Å². The molecule has 0 spiro atoms. The fourth-order valence-corrected chi connectivity index (χ4v) is 5.83. The second kappa shape index (κ2) is 14.0. The molecule has 0 unspecified atom stereocenters. The summed E-state index contributed by atoms with van der Waals surface area (Å²) in [5.41, 5.74) is 1.58. The van der Waals surface area contributed by atoms with E-state index in [0.717, 1.165) is 22.0 Å². The van der Waals surface area contributed by atoms with Crippen LogP contribution in [0.4, 0.5) is 10.1 Å². The van der Waals surface area contributed by atoms with E-state index in [1.54, 1.807) is 37.3 Å². The maximum Gasteiger partial charge on any atom is 0.264 e. The molecule has 1 N–H and O–H groups in total. The first-order valence-electron chi connectivity index (χ1n) is 12.8. The topological polar surface area (TPSA) is 86.8 Å². The van der Waals surface area contributed by atoms with Crippen molar-refractivity contribution in [2.45, 2.75) is 51.1 Å². The minimum atomic E-state index is -4.24. The fraction of sp³-hybridized carbons (Fsp3) is 0.310. The van der Waals surface area contributed by atoms with Gasteiger partial charge in [0.25, 0.3) is 10.0 Å². The third-order valence-electron chi connectivity index (χ3n) is 6.27. The Hall–Kier alpha value is -3.14. The molecule has 3 aromatic carbocycles. The highest BCUT2D eigenvalue weighted by Crippen LogP contribution is 2.27. The van der Waals surface area contributed by atoms with Gasteiger partial charge in [-0.3, -0.25) is 13.9 Å². The summed E-state index contributed by atoms with van der Waals surface area (Å²) < 4.78 is 42.3. The van der Waals surface area contributed by atoms with Crippen molar-refractivity contribution in [2.24, 2.45) is 0 Å². The molecule has 7 nitrogen and oxygen atoms in total. The van der Waals surface area contributed by atoms with Gasteiger partial charge in [-0.2, -0.15) is 0 Å². The van der Waals surface area contributed by atoms with E-state index in [-0.39, 0.29) is 34.5 Å². The smallest absolute Gasteiger partial charge is 0.264 e. The molecule has 1 atom stereocenters. The van der Waals surface area contributed by atoms with Crippen LogP contribution in [0.3, 0.4) is 0 Å². The Kier molecular flexibility index (Phi) is 11.0. The average Bonchev–Trinajstić information content (AvgIpc) is 2.93. The summed E-state index contributed by atoms with van der Waals surface area (Å²) in [5.74, 6) is -1.53. The number of aryl methyl sites for hydroxylation is 1. The van der Waals surface area contributed by atoms with E-state index in [9.17, 15) is 22.4 Å². The van der Waals surface area contributed by atoms with E-state index in [4.69, 9.17) is 23.2 Å². The Morgan fingerprint density at radius 3 is 2.17 bits per heavy atom. The molecular weight excluding hydrogens is 576 g/mol. The summed E-state index contributed by atoms with van der Waals surface area (Å²) in [7, 11) is -4.24. The van der Waals surface area contributed by atoms with Crippen LogP contribution in [0.5, 0.6) is 0 Å². The van der Waals surface area contributed by atoms with E-state index in [1.165, 1.54) is 29.2 Å². The van der Waals surface area contributed by atoms with Gasteiger partial charge in [0.1, 0.15) is 18.4 Å². The van der Waals surface area contributed by atoms with Crippen molar-refractivity contribution < 1.29 is 22.4 Å². The number of rotatable bonds is 12. The Morgan fingerprint density at radius 2 is 1.60 bits per heavy atom. The van der Waals surface area contributed by atoms with E-state index >= 15 is 0 Å². The normalized spacial score (nSPS) is 12.1. The van der Waals surface area contributed by atoms with Crippen molar-refractivity contribution >= 4 is 50.7 Å². The van der Waals surface area contributed by atoms with E-state index in [2.05, 4.69) is 5.32 Å². The number of sulfonamides is 1. The number of carbonyl (C=O) groups excluding carboxylic acids is 2. The minimum absolute atomic E-state index is 0.0182. The molecule has 0 saturated heterocycles. The van der Waals surface area contributed by atoms with Gasteiger partial charge < -0.3 is 10.2 Å². The molecule has 214 valence electrons. The van der Waals surface area contributed by atoms with Gasteiger partial charge >= 0.3 is 0 Å². The third-order valence-corrected chi connectivity index (χ3v) is 8.80. The lowest BCUT2D eigenvalue weighted by Gasteiger charge is -2.33. The summed E-state index contributed by atoms with van der Waals surface area (Å²) in [5, 5.41) is 3.44. The Bertz CT molecular complexity index is 1430. The van der Waals surface area contributed by atoms with Gasteiger partial charge in [-0.25, -0.2) is 12.8 Å². The van der Waals surface area contributed by atoms with Crippen LogP contribution in [-0.2, 0) is 26.2 Å². The number of nitrogens with zero attached hydrogens (tertiary/aromatic N) is 2. The predicted octanol–water partition coefficient (Wildman–Crippen LogP) is 5.97. The maximum absolute atomic E-state index is 14.0. The van der Waals surface area contributed by atoms with Gasteiger partial charge in [0.15, 0.2) is 0 Å². The Balaban J connectivity index is 2.06. The second-order valence-electron chi connectivity index (χ2n) is 9.29. The molecule has 0 radical (unpaired) electrons. The molecule has 0 heterocycles. The average molecular weight is 609 g/mol. The SMILES string of the molecule is CCCNC(=O)[C@H](CC)N(Cc1ccc(Cl)c(Cl)c1)C(=O)CN(c1ccc(F)cc1)S(=O)(=O)c1ccc(C)cc1. The lowest BCUT2D eigenvalue weighted by molar-refractivity contribution is -0.140. The van der Waals surface area contributed by atoms with Gasteiger partial charge in [0, 0.05) is 13.1 Å². The lowest BCUT2D eigenvalue weighted by atomic mass is 10.1. The van der Waals surface area contributed by atoms with Crippen molar-refractivity contribution in [3.63, 3.8) is 0 Å². The number of anilines is 1. The molecule has 0 fully saturated rings. The van der Waals surface area contributed by atoms with Crippen LogP contribution in [0.2, 0.25) is 10.0 Å². The van der Waals surface area contributed by atoms with Crippen molar-refractivity contribution in [3.8, 4) is 0 Å². The van der Waals surface area contributed by atoms with Crippen LogP contribution < -0.4 is 9.62 Å². The number of carbonyl (C=O) groups is 2. The summed E-state index contributed by atoms with van der Waals surface area (Å²) in [4.78, 5) is 28.4. The number of hydrogen-bond donors (Lipinski definition) is 1. The number of hydrogen-bond acceptors (Lipinski definition) is 4. The molecule has 0 aliphatic rings. The van der Waals surface area contributed by atoms with Gasteiger partial charge in [-0.15, -0.1) is 0 Å². The molecule has 0 saturated carbocycles. The van der Waals surface area contributed by atoms with Crippen LogP contribution in [-0.4, -0.2) is 44.3 Å². The molecule has 3 rings (SSSR count). The zero-order chi connectivity index (χ0) is 29.4. The molecular formula is C29H32Cl2FN3O4S.